The third kappa shape index (κ3) is 2.38. The van der Waals surface area contributed by atoms with E-state index in [0.717, 1.165) is 43.1 Å². The third-order valence-corrected chi connectivity index (χ3v) is 7.59. The fourth-order valence-electron chi connectivity index (χ4n) is 6.60. The minimum atomic E-state index is 0.0860. The summed E-state index contributed by atoms with van der Waals surface area (Å²) in [5.74, 6) is 5.33. The van der Waals surface area contributed by atoms with Gasteiger partial charge < -0.3 is 5.11 Å². The number of Topliss-reactive ketones (excluding diaryl/α,β-unsaturated/α-hetero) is 1. The smallest absolute Gasteiger partial charge is 0.139 e. The van der Waals surface area contributed by atoms with E-state index in [1.807, 2.05) is 0 Å². The SMILES string of the molecule is CC12CCC3C4CCCCC4CCC3C1CCC2=O.CO. The van der Waals surface area contributed by atoms with Crippen LogP contribution >= 0.6 is 0 Å². The van der Waals surface area contributed by atoms with Gasteiger partial charge in [-0.2, -0.15) is 0 Å². The van der Waals surface area contributed by atoms with Crippen molar-refractivity contribution in [2.45, 2.75) is 71.1 Å². The highest BCUT2D eigenvalue weighted by Crippen LogP contribution is 2.61. The van der Waals surface area contributed by atoms with E-state index in [1.165, 1.54) is 57.8 Å². The fraction of sp³-hybridized carbons (Fsp3) is 0.947. The van der Waals surface area contributed by atoms with Gasteiger partial charge in [0.2, 0.25) is 0 Å². The number of hydrogen-bond donors (Lipinski definition) is 1. The van der Waals surface area contributed by atoms with Crippen molar-refractivity contribution < 1.29 is 9.90 Å². The molecule has 0 aromatic carbocycles. The molecule has 2 heteroatoms. The highest BCUT2D eigenvalue weighted by molar-refractivity contribution is 5.87. The first-order valence-corrected chi connectivity index (χ1v) is 9.18. The Balaban J connectivity index is 0.000000636. The van der Waals surface area contributed by atoms with Crippen LogP contribution in [0.2, 0.25) is 0 Å². The van der Waals surface area contributed by atoms with E-state index in [1.54, 1.807) is 0 Å². The fourth-order valence-corrected chi connectivity index (χ4v) is 6.60. The number of carbonyl (C=O) groups excluding carboxylic acids is 1. The van der Waals surface area contributed by atoms with Gasteiger partial charge in [0.15, 0.2) is 0 Å². The molecule has 0 heterocycles. The van der Waals surface area contributed by atoms with Crippen LogP contribution in [0.25, 0.3) is 0 Å². The summed E-state index contributed by atoms with van der Waals surface area (Å²) in [6.07, 6.45) is 13.6. The summed E-state index contributed by atoms with van der Waals surface area (Å²) >= 11 is 0. The maximum atomic E-state index is 12.3. The van der Waals surface area contributed by atoms with Gasteiger partial charge in [0.05, 0.1) is 0 Å². The number of carbonyl (C=O) groups is 1. The maximum Gasteiger partial charge on any atom is 0.139 e. The molecule has 4 fully saturated rings. The molecule has 0 saturated heterocycles. The first kappa shape index (κ1) is 15.5. The van der Waals surface area contributed by atoms with E-state index >= 15 is 0 Å². The van der Waals surface area contributed by atoms with Gasteiger partial charge in [0.1, 0.15) is 5.78 Å². The zero-order valence-corrected chi connectivity index (χ0v) is 13.8. The molecular formula is C19H32O2. The minimum Gasteiger partial charge on any atom is -0.400 e. The molecule has 4 aliphatic carbocycles. The zero-order valence-electron chi connectivity index (χ0n) is 13.8. The van der Waals surface area contributed by atoms with Crippen LogP contribution in [0.3, 0.4) is 0 Å². The number of ketones is 1. The minimum absolute atomic E-state index is 0.0860. The Hall–Kier alpha value is -0.370. The Morgan fingerprint density at radius 3 is 2.48 bits per heavy atom. The number of aliphatic hydroxyl groups excluding tert-OH is 1. The molecule has 1 N–H and O–H groups in total. The van der Waals surface area contributed by atoms with Crippen LogP contribution in [0.1, 0.15) is 71.1 Å². The molecule has 0 aliphatic heterocycles. The van der Waals surface area contributed by atoms with Gasteiger partial charge in [-0.05, 0) is 68.1 Å². The first-order chi connectivity index (χ1) is 10.2. The molecule has 120 valence electrons. The third-order valence-electron chi connectivity index (χ3n) is 7.59. The highest BCUT2D eigenvalue weighted by atomic mass is 16.2. The van der Waals surface area contributed by atoms with Gasteiger partial charge in [-0.25, -0.2) is 0 Å². The molecular weight excluding hydrogens is 260 g/mol. The van der Waals surface area contributed by atoms with Crippen LogP contribution in [0.15, 0.2) is 0 Å². The summed E-state index contributed by atoms with van der Waals surface area (Å²) in [7, 11) is 1.00. The standard InChI is InChI=1S/C18H28O.CH4O/c1-18-11-10-14-13-5-3-2-4-12(13)6-7-15(14)16(18)8-9-17(18)19;1-2/h12-16H,2-11H2,1H3;2H,1H3. The molecule has 4 aliphatic rings. The molecule has 0 amide bonds. The molecule has 0 radical (unpaired) electrons. The van der Waals surface area contributed by atoms with Crippen LogP contribution < -0.4 is 0 Å². The summed E-state index contributed by atoms with van der Waals surface area (Å²) in [6, 6.07) is 0. The quantitative estimate of drug-likeness (QED) is 0.726. The van der Waals surface area contributed by atoms with Crippen molar-refractivity contribution in [1.29, 1.82) is 0 Å². The van der Waals surface area contributed by atoms with Crippen LogP contribution in [-0.4, -0.2) is 18.0 Å². The highest BCUT2D eigenvalue weighted by Gasteiger charge is 2.56. The van der Waals surface area contributed by atoms with E-state index < -0.39 is 0 Å². The van der Waals surface area contributed by atoms with Gasteiger partial charge in [-0.15, -0.1) is 0 Å². The van der Waals surface area contributed by atoms with Gasteiger partial charge >= 0.3 is 0 Å². The van der Waals surface area contributed by atoms with Crippen LogP contribution in [0.4, 0.5) is 0 Å². The number of rotatable bonds is 0. The summed E-state index contributed by atoms with van der Waals surface area (Å²) < 4.78 is 0. The Kier molecular flexibility index (Phi) is 4.45. The Morgan fingerprint density at radius 1 is 0.905 bits per heavy atom. The van der Waals surface area contributed by atoms with Gasteiger partial charge in [0.25, 0.3) is 0 Å². The average Bonchev–Trinajstić information content (AvgIpc) is 2.85. The zero-order chi connectivity index (χ0) is 15.0. The molecule has 6 atom stereocenters. The Morgan fingerprint density at radius 2 is 1.67 bits per heavy atom. The lowest BCUT2D eigenvalue weighted by Gasteiger charge is -2.54. The maximum absolute atomic E-state index is 12.3. The Labute approximate surface area is 129 Å². The van der Waals surface area contributed by atoms with E-state index in [-0.39, 0.29) is 5.41 Å². The number of fused-ring (bicyclic) bond motifs is 5. The molecule has 4 saturated carbocycles. The molecule has 6 unspecified atom stereocenters. The summed E-state index contributed by atoms with van der Waals surface area (Å²) in [6.45, 7) is 2.30. The summed E-state index contributed by atoms with van der Waals surface area (Å²) in [5.41, 5.74) is 0.0860. The molecule has 0 bridgehead atoms. The van der Waals surface area contributed by atoms with Crippen molar-refractivity contribution in [1.82, 2.24) is 0 Å². The monoisotopic (exact) mass is 292 g/mol. The van der Waals surface area contributed by atoms with Crippen molar-refractivity contribution in [3.63, 3.8) is 0 Å². The molecule has 2 nitrogen and oxygen atoms in total. The molecule has 4 rings (SSSR count). The second-order valence-corrected chi connectivity index (χ2v) is 8.14. The first-order valence-electron chi connectivity index (χ1n) is 9.18. The van der Waals surface area contributed by atoms with Crippen molar-refractivity contribution in [2.24, 2.45) is 35.0 Å². The topological polar surface area (TPSA) is 37.3 Å². The molecule has 21 heavy (non-hydrogen) atoms. The second kappa shape index (κ2) is 6.02. The van der Waals surface area contributed by atoms with Crippen LogP contribution in [0, 0.1) is 35.0 Å². The predicted molar refractivity (Wildman–Crippen MR) is 84.9 cm³/mol. The lowest BCUT2D eigenvalue weighted by atomic mass is 9.51. The van der Waals surface area contributed by atoms with Crippen molar-refractivity contribution in [2.75, 3.05) is 7.11 Å². The summed E-state index contributed by atoms with van der Waals surface area (Å²) in [5, 5.41) is 7.00. The normalized spacial score (nSPS) is 48.5. The van der Waals surface area contributed by atoms with Crippen molar-refractivity contribution in [3.8, 4) is 0 Å². The molecule has 0 aromatic rings. The van der Waals surface area contributed by atoms with Gasteiger partial charge in [-0.3, -0.25) is 4.79 Å². The summed E-state index contributed by atoms with van der Waals surface area (Å²) in [4.78, 5) is 12.3. The largest absolute Gasteiger partial charge is 0.400 e. The van der Waals surface area contributed by atoms with Crippen molar-refractivity contribution in [3.05, 3.63) is 0 Å². The van der Waals surface area contributed by atoms with Gasteiger partial charge in [-0.1, -0.05) is 26.2 Å². The lowest BCUT2D eigenvalue weighted by Crippen LogP contribution is -2.48. The second-order valence-electron chi connectivity index (χ2n) is 8.14. The van der Waals surface area contributed by atoms with E-state index in [2.05, 4.69) is 6.92 Å². The van der Waals surface area contributed by atoms with E-state index in [0.29, 0.717) is 5.78 Å². The van der Waals surface area contributed by atoms with Crippen molar-refractivity contribution >= 4 is 5.78 Å². The lowest BCUT2D eigenvalue weighted by molar-refractivity contribution is -0.132. The van der Waals surface area contributed by atoms with E-state index in [9.17, 15) is 4.79 Å². The predicted octanol–water partition coefficient (Wildman–Crippen LogP) is 4.21. The number of hydrogen-bond acceptors (Lipinski definition) is 2. The van der Waals surface area contributed by atoms with Crippen LogP contribution in [0.5, 0.6) is 0 Å². The Bertz CT molecular complexity index is 391. The van der Waals surface area contributed by atoms with Gasteiger partial charge in [0, 0.05) is 18.9 Å². The van der Waals surface area contributed by atoms with Crippen LogP contribution in [-0.2, 0) is 4.79 Å². The molecule has 0 spiro atoms. The van der Waals surface area contributed by atoms with E-state index in [4.69, 9.17) is 5.11 Å². The molecule has 0 aromatic heterocycles. The average molecular weight is 292 g/mol. The number of aliphatic hydroxyl groups is 1.